The number of benzene rings is 3. The van der Waals surface area contributed by atoms with E-state index in [0.29, 0.717) is 31.2 Å². The second-order valence-electron chi connectivity index (χ2n) is 9.12. The number of halogens is 5. The maximum atomic E-state index is 15.0. The Balaban J connectivity index is 1.41. The third-order valence-corrected chi connectivity index (χ3v) is 6.73. The van der Waals surface area contributed by atoms with E-state index in [0.717, 1.165) is 5.56 Å². The molecular weight excluding hydrogens is 487 g/mol. The van der Waals surface area contributed by atoms with Crippen LogP contribution >= 0.6 is 0 Å². The van der Waals surface area contributed by atoms with Gasteiger partial charge >= 0.3 is 0 Å². The van der Waals surface area contributed by atoms with E-state index in [1.54, 1.807) is 13.0 Å². The summed E-state index contributed by atoms with van der Waals surface area (Å²) in [6.07, 6.45) is 5.88. The molecule has 0 saturated carbocycles. The van der Waals surface area contributed by atoms with Gasteiger partial charge in [-0.05, 0) is 74.4 Å². The van der Waals surface area contributed by atoms with Crippen molar-refractivity contribution in [3.05, 3.63) is 94.3 Å². The van der Waals surface area contributed by atoms with Gasteiger partial charge in [0, 0.05) is 17.0 Å². The average Bonchev–Trinajstić information content (AvgIpc) is 2.89. The molecule has 2 unspecified atom stereocenters. The zero-order valence-corrected chi connectivity index (χ0v) is 20.8. The summed E-state index contributed by atoms with van der Waals surface area (Å²) >= 11 is 0. The molecule has 0 bridgehead atoms. The minimum Gasteiger partial charge on any atom is -0.491 e. The minimum absolute atomic E-state index is 0.112. The van der Waals surface area contributed by atoms with E-state index in [9.17, 15) is 17.6 Å². The first-order valence-corrected chi connectivity index (χ1v) is 12.5. The van der Waals surface area contributed by atoms with Gasteiger partial charge in [0.05, 0.1) is 19.3 Å². The largest absolute Gasteiger partial charge is 0.491 e. The van der Waals surface area contributed by atoms with Crippen molar-refractivity contribution in [1.82, 2.24) is 0 Å². The summed E-state index contributed by atoms with van der Waals surface area (Å²) in [5.41, 5.74) is 0.807. The Bertz CT molecular complexity index is 1280. The van der Waals surface area contributed by atoms with Gasteiger partial charge in [0.1, 0.15) is 5.82 Å². The van der Waals surface area contributed by atoms with Crippen LogP contribution in [-0.4, -0.2) is 19.3 Å². The molecule has 3 aromatic carbocycles. The van der Waals surface area contributed by atoms with Crippen molar-refractivity contribution in [3.8, 4) is 16.9 Å². The quantitative estimate of drug-likeness (QED) is 0.280. The van der Waals surface area contributed by atoms with E-state index in [-0.39, 0.29) is 53.5 Å². The van der Waals surface area contributed by atoms with Gasteiger partial charge in [-0.25, -0.2) is 17.6 Å². The summed E-state index contributed by atoms with van der Waals surface area (Å²) in [6.45, 7) is 3.82. The molecule has 1 saturated heterocycles. The molecule has 0 aromatic heterocycles. The van der Waals surface area contributed by atoms with E-state index in [2.05, 4.69) is 0 Å². The van der Waals surface area contributed by atoms with Gasteiger partial charge in [0.15, 0.2) is 23.2 Å². The third-order valence-electron chi connectivity index (χ3n) is 6.73. The Morgan fingerprint density at radius 3 is 2.27 bits per heavy atom. The number of hydrogen-bond donors (Lipinski definition) is 0. The monoisotopic (exact) mass is 516 g/mol. The van der Waals surface area contributed by atoms with Crippen molar-refractivity contribution < 1.29 is 31.4 Å². The summed E-state index contributed by atoms with van der Waals surface area (Å²) in [7, 11) is 0. The van der Waals surface area contributed by atoms with Crippen LogP contribution in [0, 0.1) is 29.1 Å². The van der Waals surface area contributed by atoms with Crippen LogP contribution in [0.3, 0.4) is 0 Å². The number of hydrogen-bond acceptors (Lipinski definition) is 2. The van der Waals surface area contributed by atoms with E-state index in [1.165, 1.54) is 30.3 Å². The Morgan fingerprint density at radius 2 is 1.62 bits per heavy atom. The fraction of sp³-hybridized carbons (Fsp3) is 0.333. The maximum absolute atomic E-state index is 15.0. The molecule has 3 aromatic rings. The molecule has 0 amide bonds. The number of allylic oxidation sites excluding steroid dienone is 1. The van der Waals surface area contributed by atoms with Crippen molar-refractivity contribution in [3.63, 3.8) is 0 Å². The minimum atomic E-state index is -1.30. The van der Waals surface area contributed by atoms with Crippen LogP contribution in [0.25, 0.3) is 17.2 Å². The van der Waals surface area contributed by atoms with Gasteiger partial charge in [-0.15, -0.1) is 0 Å². The summed E-state index contributed by atoms with van der Waals surface area (Å²) < 4.78 is 84.1. The predicted octanol–water partition coefficient (Wildman–Crippen LogP) is 8.38. The van der Waals surface area contributed by atoms with Crippen LogP contribution in [0.15, 0.2) is 48.5 Å². The molecule has 1 fully saturated rings. The highest BCUT2D eigenvalue weighted by Gasteiger charge is 2.28. The van der Waals surface area contributed by atoms with Crippen molar-refractivity contribution in [2.75, 3.05) is 13.2 Å². The smallest absolute Gasteiger partial charge is 0.201 e. The fourth-order valence-electron chi connectivity index (χ4n) is 4.75. The number of aryl methyl sites for hydroxylation is 1. The molecule has 0 spiro atoms. The molecule has 0 radical (unpaired) electrons. The Morgan fingerprint density at radius 1 is 0.892 bits per heavy atom. The van der Waals surface area contributed by atoms with Crippen LogP contribution in [0.2, 0.25) is 0 Å². The van der Waals surface area contributed by atoms with E-state index in [4.69, 9.17) is 9.47 Å². The molecule has 2 atom stereocenters. The number of rotatable bonds is 8. The van der Waals surface area contributed by atoms with Crippen LogP contribution in [-0.2, 0) is 11.2 Å². The Labute approximate surface area is 213 Å². The van der Waals surface area contributed by atoms with Crippen molar-refractivity contribution in [1.29, 1.82) is 0 Å². The Hall–Kier alpha value is -3.19. The van der Waals surface area contributed by atoms with Gasteiger partial charge < -0.3 is 9.47 Å². The summed E-state index contributed by atoms with van der Waals surface area (Å²) in [5.74, 6) is -5.80. The highest BCUT2D eigenvalue weighted by atomic mass is 19.2. The average molecular weight is 517 g/mol. The molecule has 37 heavy (non-hydrogen) atoms. The summed E-state index contributed by atoms with van der Waals surface area (Å²) in [5, 5.41) is 0. The van der Waals surface area contributed by atoms with Gasteiger partial charge in [0.25, 0.3) is 0 Å². The van der Waals surface area contributed by atoms with Crippen molar-refractivity contribution in [2.45, 2.75) is 51.6 Å². The standard InChI is InChI=1S/C30H29F5O2/c1-3-5-18-6-7-19(25(31)16-18)8-10-21-11-9-20(17-37-21)22-12-13-23(28(33)27(22)32)24-14-15-26(36-4-2)30(35)29(24)34/h3,5-7,12-16,20-21H,4,8-11,17H2,1-2H3. The molecule has 2 nitrogen and oxygen atoms in total. The molecule has 1 aliphatic rings. The first-order valence-electron chi connectivity index (χ1n) is 12.5. The van der Waals surface area contributed by atoms with Gasteiger partial charge in [-0.2, -0.15) is 4.39 Å². The van der Waals surface area contributed by atoms with Crippen molar-refractivity contribution in [2.24, 2.45) is 0 Å². The molecular formula is C30H29F5O2. The third kappa shape index (κ3) is 5.87. The predicted molar refractivity (Wildman–Crippen MR) is 134 cm³/mol. The molecule has 7 heteroatoms. The van der Waals surface area contributed by atoms with Crippen LogP contribution in [0.5, 0.6) is 5.75 Å². The van der Waals surface area contributed by atoms with Crippen LogP contribution < -0.4 is 4.74 Å². The zero-order chi connectivity index (χ0) is 26.5. The molecule has 196 valence electrons. The highest BCUT2D eigenvalue weighted by molar-refractivity contribution is 5.67. The lowest BCUT2D eigenvalue weighted by Crippen LogP contribution is -2.26. The van der Waals surface area contributed by atoms with Crippen LogP contribution in [0.4, 0.5) is 22.0 Å². The lowest BCUT2D eigenvalue weighted by Gasteiger charge is -2.30. The van der Waals surface area contributed by atoms with E-state index >= 15 is 4.39 Å². The summed E-state index contributed by atoms with van der Waals surface area (Å²) in [4.78, 5) is 0. The summed E-state index contributed by atoms with van der Waals surface area (Å²) in [6, 6.07) is 10.2. The normalized spacial score (nSPS) is 17.9. The zero-order valence-electron chi connectivity index (χ0n) is 20.8. The Kier molecular flexibility index (Phi) is 8.64. The number of ether oxygens (including phenoxy) is 2. The maximum Gasteiger partial charge on any atom is 0.201 e. The first kappa shape index (κ1) is 26.9. The van der Waals surface area contributed by atoms with Gasteiger partial charge in [0.2, 0.25) is 5.82 Å². The highest BCUT2D eigenvalue weighted by Crippen LogP contribution is 2.37. The van der Waals surface area contributed by atoms with E-state index < -0.39 is 23.3 Å². The molecule has 1 heterocycles. The molecule has 0 N–H and O–H groups in total. The SMILES string of the molecule is CC=Cc1ccc(CCC2CCC(c3ccc(-c4ccc(OCC)c(F)c4F)c(F)c3F)CO2)c(F)c1. The lowest BCUT2D eigenvalue weighted by molar-refractivity contribution is -0.00135. The van der Waals surface area contributed by atoms with Crippen LogP contribution in [0.1, 0.15) is 55.7 Å². The topological polar surface area (TPSA) is 18.5 Å². The van der Waals surface area contributed by atoms with Crippen molar-refractivity contribution >= 4 is 6.08 Å². The molecule has 1 aliphatic heterocycles. The molecule has 4 rings (SSSR count). The van der Waals surface area contributed by atoms with Gasteiger partial charge in [-0.1, -0.05) is 36.4 Å². The second kappa shape index (κ2) is 11.9. The first-order chi connectivity index (χ1) is 17.8. The lowest BCUT2D eigenvalue weighted by atomic mass is 9.88. The van der Waals surface area contributed by atoms with E-state index in [1.807, 2.05) is 25.1 Å². The van der Waals surface area contributed by atoms with Gasteiger partial charge in [-0.3, -0.25) is 0 Å². The molecule has 0 aliphatic carbocycles. The fourth-order valence-corrected chi connectivity index (χ4v) is 4.75. The second-order valence-corrected chi connectivity index (χ2v) is 9.12.